The molecular formula is C14H14F3NO5. The highest BCUT2D eigenvalue weighted by Gasteiger charge is 2.35. The van der Waals surface area contributed by atoms with Gasteiger partial charge in [0.25, 0.3) is 5.91 Å². The molecule has 0 aliphatic carbocycles. The van der Waals surface area contributed by atoms with Crippen LogP contribution in [0.3, 0.4) is 0 Å². The number of amides is 1. The van der Waals surface area contributed by atoms with E-state index in [4.69, 9.17) is 14.6 Å². The van der Waals surface area contributed by atoms with E-state index in [2.05, 4.69) is 0 Å². The number of para-hydroxylation sites is 1. The van der Waals surface area contributed by atoms with Gasteiger partial charge in [-0.1, -0.05) is 12.1 Å². The molecule has 1 fully saturated rings. The van der Waals surface area contributed by atoms with Gasteiger partial charge in [0.2, 0.25) is 0 Å². The number of carboxylic acids is 1. The third-order valence-electron chi connectivity index (χ3n) is 3.28. The van der Waals surface area contributed by atoms with Crippen molar-refractivity contribution < 1.29 is 37.3 Å². The highest BCUT2D eigenvalue weighted by Crippen LogP contribution is 2.35. The molecule has 1 aliphatic rings. The molecule has 126 valence electrons. The molecule has 1 atom stereocenters. The molecular weight excluding hydrogens is 319 g/mol. The third kappa shape index (κ3) is 4.13. The molecule has 1 heterocycles. The molecule has 23 heavy (non-hydrogen) atoms. The molecule has 0 bridgehead atoms. The summed E-state index contributed by atoms with van der Waals surface area (Å²) in [7, 11) is 0. The lowest BCUT2D eigenvalue weighted by Gasteiger charge is -2.32. The number of carboxylic acid groups (broad SMARTS) is 1. The Morgan fingerprint density at radius 1 is 1.35 bits per heavy atom. The molecule has 9 heteroatoms. The first-order chi connectivity index (χ1) is 10.8. The first-order valence-corrected chi connectivity index (χ1v) is 6.69. The molecule has 1 saturated heterocycles. The molecule has 1 aromatic carbocycles. The number of aliphatic carboxylic acids is 1. The molecule has 0 radical (unpaired) electrons. The van der Waals surface area contributed by atoms with Crippen molar-refractivity contribution in [1.82, 2.24) is 4.90 Å². The van der Waals surface area contributed by atoms with Crippen LogP contribution in [0.15, 0.2) is 24.3 Å². The van der Waals surface area contributed by atoms with E-state index < -0.39 is 42.0 Å². The second-order valence-corrected chi connectivity index (χ2v) is 4.80. The summed E-state index contributed by atoms with van der Waals surface area (Å²) in [6.45, 7) is -0.647. The molecule has 0 aromatic heterocycles. The van der Waals surface area contributed by atoms with Crippen LogP contribution in [0.1, 0.15) is 5.56 Å². The number of nitrogens with zero attached hydrogens (tertiary/aromatic N) is 1. The standard InChI is InChI=1S/C14H14F3NO5/c15-14(16,17)9-3-1-2-4-11(9)23-8-12(19)18-5-6-22-7-10(18)13(20)21/h1-4,10H,5-8H2,(H,20,21). The Kier molecular flexibility index (Phi) is 5.09. The largest absolute Gasteiger partial charge is 0.483 e. The fraction of sp³-hybridized carbons (Fsp3) is 0.429. The summed E-state index contributed by atoms with van der Waals surface area (Å²) in [6.07, 6.45) is -4.61. The zero-order chi connectivity index (χ0) is 17.0. The third-order valence-corrected chi connectivity index (χ3v) is 3.28. The van der Waals surface area contributed by atoms with Crippen molar-refractivity contribution in [2.75, 3.05) is 26.4 Å². The zero-order valence-electron chi connectivity index (χ0n) is 11.9. The lowest BCUT2D eigenvalue weighted by Crippen LogP contribution is -2.53. The Bertz CT molecular complexity index is 590. The van der Waals surface area contributed by atoms with Gasteiger partial charge in [-0.3, -0.25) is 4.79 Å². The Morgan fingerprint density at radius 2 is 2.04 bits per heavy atom. The van der Waals surface area contributed by atoms with Crippen LogP contribution >= 0.6 is 0 Å². The van der Waals surface area contributed by atoms with E-state index in [0.29, 0.717) is 0 Å². The van der Waals surface area contributed by atoms with Gasteiger partial charge in [-0.15, -0.1) is 0 Å². The maximum Gasteiger partial charge on any atom is 0.419 e. The van der Waals surface area contributed by atoms with Crippen LogP contribution in [-0.2, 0) is 20.5 Å². The summed E-state index contributed by atoms with van der Waals surface area (Å²) in [5.41, 5.74) is -0.996. The summed E-state index contributed by atoms with van der Waals surface area (Å²) in [4.78, 5) is 24.1. The van der Waals surface area contributed by atoms with Gasteiger partial charge in [-0.25, -0.2) is 4.79 Å². The number of rotatable bonds is 4. The first kappa shape index (κ1) is 17.1. The van der Waals surface area contributed by atoms with Gasteiger partial charge in [0, 0.05) is 6.54 Å². The number of alkyl halides is 3. The maximum absolute atomic E-state index is 12.8. The number of ether oxygens (including phenoxy) is 2. The lowest BCUT2D eigenvalue weighted by molar-refractivity contribution is -0.159. The van der Waals surface area contributed by atoms with Gasteiger partial charge in [0.05, 0.1) is 18.8 Å². The highest BCUT2D eigenvalue weighted by molar-refractivity contribution is 5.84. The molecule has 0 saturated carbocycles. The zero-order valence-corrected chi connectivity index (χ0v) is 11.9. The normalized spacial score (nSPS) is 18.6. The number of hydrogen-bond acceptors (Lipinski definition) is 4. The Balaban J connectivity index is 2.06. The van der Waals surface area contributed by atoms with Crippen molar-refractivity contribution >= 4 is 11.9 Å². The number of carbonyl (C=O) groups excluding carboxylic acids is 1. The van der Waals surface area contributed by atoms with E-state index in [1.807, 2.05) is 0 Å². The minimum absolute atomic E-state index is 0.0417. The van der Waals surface area contributed by atoms with Gasteiger partial charge in [0.15, 0.2) is 12.6 Å². The van der Waals surface area contributed by atoms with Crippen LogP contribution in [0, 0.1) is 0 Å². The molecule has 1 amide bonds. The number of carbonyl (C=O) groups is 2. The van der Waals surface area contributed by atoms with Gasteiger partial charge >= 0.3 is 12.1 Å². The molecule has 2 rings (SSSR count). The van der Waals surface area contributed by atoms with Crippen molar-refractivity contribution in [1.29, 1.82) is 0 Å². The summed E-state index contributed by atoms with van der Waals surface area (Å²) < 4.78 is 48.4. The lowest BCUT2D eigenvalue weighted by atomic mass is 10.2. The van der Waals surface area contributed by atoms with E-state index in [1.54, 1.807) is 0 Å². The molecule has 1 N–H and O–H groups in total. The Hall–Kier alpha value is -2.29. The molecule has 6 nitrogen and oxygen atoms in total. The summed E-state index contributed by atoms with van der Waals surface area (Å²) in [6, 6.07) is 3.33. The minimum atomic E-state index is -4.61. The van der Waals surface area contributed by atoms with Crippen molar-refractivity contribution in [2.45, 2.75) is 12.2 Å². The van der Waals surface area contributed by atoms with Gasteiger partial charge < -0.3 is 19.5 Å². The summed E-state index contributed by atoms with van der Waals surface area (Å²) in [5.74, 6) is -2.43. The number of hydrogen-bond donors (Lipinski definition) is 1. The van der Waals surface area contributed by atoms with Crippen LogP contribution in [0.2, 0.25) is 0 Å². The predicted molar refractivity (Wildman–Crippen MR) is 70.9 cm³/mol. The minimum Gasteiger partial charge on any atom is -0.483 e. The van der Waals surface area contributed by atoms with Crippen molar-refractivity contribution in [3.05, 3.63) is 29.8 Å². The second-order valence-electron chi connectivity index (χ2n) is 4.80. The Morgan fingerprint density at radius 3 is 2.70 bits per heavy atom. The average Bonchev–Trinajstić information content (AvgIpc) is 2.52. The fourth-order valence-electron chi connectivity index (χ4n) is 2.16. The summed E-state index contributed by atoms with van der Waals surface area (Å²) >= 11 is 0. The number of benzene rings is 1. The average molecular weight is 333 g/mol. The van der Waals surface area contributed by atoms with Crippen LogP contribution in [0.25, 0.3) is 0 Å². The quantitative estimate of drug-likeness (QED) is 0.901. The Labute approximate surface area is 129 Å². The maximum atomic E-state index is 12.8. The van der Waals surface area contributed by atoms with E-state index >= 15 is 0 Å². The first-order valence-electron chi connectivity index (χ1n) is 6.69. The van der Waals surface area contributed by atoms with Crippen molar-refractivity contribution in [3.63, 3.8) is 0 Å². The van der Waals surface area contributed by atoms with E-state index in [0.717, 1.165) is 17.0 Å². The van der Waals surface area contributed by atoms with Crippen molar-refractivity contribution in [2.24, 2.45) is 0 Å². The van der Waals surface area contributed by atoms with Gasteiger partial charge in [0.1, 0.15) is 5.75 Å². The summed E-state index contributed by atoms with van der Waals surface area (Å²) in [5, 5.41) is 9.03. The predicted octanol–water partition coefficient (Wildman–Crippen LogP) is 1.40. The SMILES string of the molecule is O=C(O)C1COCCN1C(=O)COc1ccccc1C(F)(F)F. The van der Waals surface area contributed by atoms with Gasteiger partial charge in [-0.2, -0.15) is 13.2 Å². The monoisotopic (exact) mass is 333 g/mol. The van der Waals surface area contributed by atoms with Crippen LogP contribution in [-0.4, -0.2) is 54.3 Å². The number of halogens is 3. The molecule has 1 aliphatic heterocycles. The van der Waals surface area contributed by atoms with E-state index in [-0.39, 0.29) is 19.8 Å². The van der Waals surface area contributed by atoms with Gasteiger partial charge in [-0.05, 0) is 12.1 Å². The van der Waals surface area contributed by atoms with Crippen molar-refractivity contribution in [3.8, 4) is 5.75 Å². The second kappa shape index (κ2) is 6.86. The van der Waals surface area contributed by atoms with Crippen LogP contribution in [0.4, 0.5) is 13.2 Å². The molecule has 1 unspecified atom stereocenters. The van der Waals surface area contributed by atoms with Crippen LogP contribution < -0.4 is 4.74 Å². The number of morpholine rings is 1. The van der Waals surface area contributed by atoms with E-state index in [1.165, 1.54) is 12.1 Å². The van der Waals surface area contributed by atoms with Crippen LogP contribution in [0.5, 0.6) is 5.75 Å². The fourth-order valence-corrected chi connectivity index (χ4v) is 2.16. The topological polar surface area (TPSA) is 76.1 Å². The smallest absolute Gasteiger partial charge is 0.419 e. The van der Waals surface area contributed by atoms with E-state index in [9.17, 15) is 22.8 Å². The molecule has 0 spiro atoms. The molecule has 1 aromatic rings. The highest BCUT2D eigenvalue weighted by atomic mass is 19.4.